The summed E-state index contributed by atoms with van der Waals surface area (Å²) in [5, 5.41) is 0. The van der Waals surface area contributed by atoms with Gasteiger partial charge in [0.1, 0.15) is 5.82 Å². The topological polar surface area (TPSA) is 26.0 Å². The van der Waals surface area contributed by atoms with Gasteiger partial charge in [-0.05, 0) is 66.8 Å². The van der Waals surface area contributed by atoms with Crippen LogP contribution in [-0.4, -0.2) is 0 Å². The van der Waals surface area contributed by atoms with Crippen LogP contribution in [0.5, 0.6) is 0 Å². The molecular formula is C19H22FN. The minimum absolute atomic E-state index is 0.101. The Morgan fingerprint density at radius 1 is 1.24 bits per heavy atom. The molecule has 1 nitrogen and oxygen atoms in total. The predicted molar refractivity (Wildman–Crippen MR) is 84.8 cm³/mol. The lowest BCUT2D eigenvalue weighted by Crippen LogP contribution is -2.18. The lowest BCUT2D eigenvalue weighted by Gasteiger charge is -2.28. The summed E-state index contributed by atoms with van der Waals surface area (Å²) in [6, 6.07) is 13.9. The smallest absolute Gasteiger partial charge is 0.126 e. The second kappa shape index (κ2) is 5.98. The molecule has 0 saturated heterocycles. The molecule has 21 heavy (non-hydrogen) atoms. The van der Waals surface area contributed by atoms with Crippen molar-refractivity contribution in [2.45, 2.75) is 44.6 Å². The second-order valence-corrected chi connectivity index (χ2v) is 6.14. The summed E-state index contributed by atoms with van der Waals surface area (Å²) in [5.41, 5.74) is 10.8. The quantitative estimate of drug-likeness (QED) is 0.872. The molecule has 0 heterocycles. The Balaban J connectivity index is 1.79. The van der Waals surface area contributed by atoms with E-state index in [1.807, 2.05) is 12.1 Å². The zero-order valence-electron chi connectivity index (χ0n) is 12.5. The van der Waals surface area contributed by atoms with Crippen LogP contribution in [-0.2, 0) is 6.42 Å². The first-order valence-electron chi connectivity index (χ1n) is 7.74. The van der Waals surface area contributed by atoms with Crippen molar-refractivity contribution in [1.29, 1.82) is 0 Å². The van der Waals surface area contributed by atoms with Crippen molar-refractivity contribution in [3.05, 3.63) is 70.5 Å². The first kappa shape index (κ1) is 14.3. The minimum atomic E-state index is -0.160. The van der Waals surface area contributed by atoms with Crippen molar-refractivity contribution in [3.8, 4) is 0 Å². The van der Waals surface area contributed by atoms with Crippen molar-refractivity contribution in [3.63, 3.8) is 0 Å². The van der Waals surface area contributed by atoms with Crippen molar-refractivity contribution >= 4 is 0 Å². The summed E-state index contributed by atoms with van der Waals surface area (Å²) in [6.07, 6.45) is 4.45. The van der Waals surface area contributed by atoms with Crippen LogP contribution in [0.1, 0.15) is 53.5 Å². The van der Waals surface area contributed by atoms with E-state index in [2.05, 4.69) is 24.3 Å². The molecule has 0 aliphatic heterocycles. The van der Waals surface area contributed by atoms with Gasteiger partial charge in [-0.2, -0.15) is 0 Å². The maximum atomic E-state index is 13.7. The van der Waals surface area contributed by atoms with Crippen molar-refractivity contribution in [2.75, 3.05) is 0 Å². The van der Waals surface area contributed by atoms with E-state index in [-0.39, 0.29) is 11.9 Å². The highest BCUT2D eigenvalue weighted by molar-refractivity contribution is 5.33. The van der Waals surface area contributed by atoms with Gasteiger partial charge in [-0.3, -0.25) is 0 Å². The molecule has 0 saturated carbocycles. The van der Waals surface area contributed by atoms with Crippen LogP contribution in [0.15, 0.2) is 42.5 Å². The Bertz CT molecular complexity index is 635. The third-order valence-corrected chi connectivity index (χ3v) is 4.66. The van der Waals surface area contributed by atoms with Gasteiger partial charge in [0.15, 0.2) is 0 Å². The molecular weight excluding hydrogens is 261 g/mol. The summed E-state index contributed by atoms with van der Waals surface area (Å²) in [7, 11) is 0. The van der Waals surface area contributed by atoms with Crippen LogP contribution in [0.3, 0.4) is 0 Å². The fraction of sp³-hybridized carbons (Fsp3) is 0.368. The van der Waals surface area contributed by atoms with Gasteiger partial charge in [0.05, 0.1) is 0 Å². The number of halogens is 1. The third-order valence-electron chi connectivity index (χ3n) is 4.66. The number of hydrogen-bond acceptors (Lipinski definition) is 1. The molecule has 0 radical (unpaired) electrons. The Morgan fingerprint density at radius 2 is 2.05 bits per heavy atom. The summed E-state index contributed by atoms with van der Waals surface area (Å²) in [4.78, 5) is 0. The SMILES string of the molecule is Cc1ccc(C(N)CC2CCCc3ccccc32)cc1F. The first-order valence-corrected chi connectivity index (χ1v) is 7.74. The van der Waals surface area contributed by atoms with Gasteiger partial charge in [0, 0.05) is 6.04 Å². The molecule has 2 aromatic carbocycles. The minimum Gasteiger partial charge on any atom is -0.324 e. The monoisotopic (exact) mass is 283 g/mol. The molecule has 2 aromatic rings. The van der Waals surface area contributed by atoms with Gasteiger partial charge in [-0.15, -0.1) is 0 Å². The number of hydrogen-bond donors (Lipinski definition) is 1. The zero-order valence-corrected chi connectivity index (χ0v) is 12.5. The molecule has 0 amide bonds. The Hall–Kier alpha value is -1.67. The molecule has 3 rings (SSSR count). The van der Waals surface area contributed by atoms with E-state index in [9.17, 15) is 4.39 Å². The fourth-order valence-electron chi connectivity index (χ4n) is 3.38. The number of rotatable bonds is 3. The van der Waals surface area contributed by atoms with E-state index in [0.717, 1.165) is 12.0 Å². The molecule has 0 fully saturated rings. The molecule has 110 valence electrons. The molecule has 0 bridgehead atoms. The maximum Gasteiger partial charge on any atom is 0.126 e. The van der Waals surface area contributed by atoms with Gasteiger partial charge in [-0.1, -0.05) is 36.4 Å². The van der Waals surface area contributed by atoms with Crippen LogP contribution < -0.4 is 5.73 Å². The lowest BCUT2D eigenvalue weighted by atomic mass is 9.79. The summed E-state index contributed by atoms with van der Waals surface area (Å²) in [5.74, 6) is 0.335. The van der Waals surface area contributed by atoms with Crippen LogP contribution in [0, 0.1) is 12.7 Å². The molecule has 2 N–H and O–H groups in total. The van der Waals surface area contributed by atoms with Crippen molar-refractivity contribution in [1.82, 2.24) is 0 Å². The van der Waals surface area contributed by atoms with E-state index in [1.165, 1.54) is 30.4 Å². The number of nitrogens with two attached hydrogens (primary N) is 1. The average molecular weight is 283 g/mol. The molecule has 1 aliphatic rings. The summed E-state index contributed by atoms with van der Waals surface area (Å²) < 4.78 is 13.7. The van der Waals surface area contributed by atoms with Crippen LogP contribution in [0.25, 0.3) is 0 Å². The Kier molecular flexibility index (Phi) is 4.07. The predicted octanol–water partition coefficient (Wildman–Crippen LogP) is 4.64. The maximum absolute atomic E-state index is 13.7. The van der Waals surface area contributed by atoms with E-state index in [0.29, 0.717) is 11.5 Å². The van der Waals surface area contributed by atoms with Crippen LogP contribution in [0.2, 0.25) is 0 Å². The Labute approximate surface area is 126 Å². The van der Waals surface area contributed by atoms with Gasteiger partial charge >= 0.3 is 0 Å². The van der Waals surface area contributed by atoms with Gasteiger partial charge in [-0.25, -0.2) is 4.39 Å². The molecule has 2 atom stereocenters. The molecule has 2 heteroatoms. The normalized spacial score (nSPS) is 19.1. The van der Waals surface area contributed by atoms with Gasteiger partial charge in [0.25, 0.3) is 0 Å². The average Bonchev–Trinajstić information content (AvgIpc) is 2.50. The number of benzene rings is 2. The molecule has 1 aliphatic carbocycles. The standard InChI is InChI=1S/C19H22FN/c1-13-9-10-16(11-18(13)20)19(21)12-15-7-4-6-14-5-2-3-8-17(14)15/h2-3,5,8-11,15,19H,4,6-7,12,21H2,1H3. The highest BCUT2D eigenvalue weighted by atomic mass is 19.1. The third kappa shape index (κ3) is 3.01. The highest BCUT2D eigenvalue weighted by Crippen LogP contribution is 2.37. The summed E-state index contributed by atoms with van der Waals surface area (Å²) >= 11 is 0. The molecule has 0 spiro atoms. The van der Waals surface area contributed by atoms with E-state index >= 15 is 0 Å². The lowest BCUT2D eigenvalue weighted by molar-refractivity contribution is 0.475. The number of aryl methyl sites for hydroxylation is 2. The molecule has 2 unspecified atom stereocenters. The van der Waals surface area contributed by atoms with Gasteiger partial charge < -0.3 is 5.73 Å². The van der Waals surface area contributed by atoms with E-state index in [1.54, 1.807) is 13.0 Å². The van der Waals surface area contributed by atoms with Crippen LogP contribution in [0.4, 0.5) is 4.39 Å². The van der Waals surface area contributed by atoms with E-state index < -0.39 is 0 Å². The Morgan fingerprint density at radius 3 is 2.86 bits per heavy atom. The van der Waals surface area contributed by atoms with Gasteiger partial charge in [0.2, 0.25) is 0 Å². The largest absolute Gasteiger partial charge is 0.324 e. The van der Waals surface area contributed by atoms with Crippen molar-refractivity contribution < 1.29 is 4.39 Å². The summed E-state index contributed by atoms with van der Waals surface area (Å²) in [6.45, 7) is 1.78. The van der Waals surface area contributed by atoms with E-state index in [4.69, 9.17) is 5.73 Å². The number of fused-ring (bicyclic) bond motifs is 1. The zero-order chi connectivity index (χ0) is 14.8. The second-order valence-electron chi connectivity index (χ2n) is 6.14. The van der Waals surface area contributed by atoms with Crippen LogP contribution >= 0.6 is 0 Å². The highest BCUT2D eigenvalue weighted by Gasteiger charge is 2.22. The fourth-order valence-corrected chi connectivity index (χ4v) is 3.38. The first-order chi connectivity index (χ1) is 10.1. The molecule has 0 aromatic heterocycles. The van der Waals surface area contributed by atoms with Crippen molar-refractivity contribution in [2.24, 2.45) is 5.73 Å².